The fourth-order valence-corrected chi connectivity index (χ4v) is 1.73. The van der Waals surface area contributed by atoms with E-state index in [9.17, 15) is 9.90 Å². The minimum atomic E-state index is -1.40. The number of hydrogen-bond acceptors (Lipinski definition) is 5. The Morgan fingerprint density at radius 3 is 2.40 bits per heavy atom. The van der Waals surface area contributed by atoms with Crippen molar-refractivity contribution in [2.45, 2.75) is 12.5 Å². The van der Waals surface area contributed by atoms with Gasteiger partial charge in [-0.25, -0.2) is 4.79 Å². The van der Waals surface area contributed by atoms with Gasteiger partial charge >= 0.3 is 5.97 Å². The highest BCUT2D eigenvalue weighted by Crippen LogP contribution is 2.10. The van der Waals surface area contributed by atoms with Crippen LogP contribution in [0.15, 0.2) is 0 Å². The molecule has 15 heavy (non-hydrogen) atoms. The van der Waals surface area contributed by atoms with Crippen LogP contribution >= 0.6 is 0 Å². The zero-order valence-electron chi connectivity index (χ0n) is 9.69. The second-order valence-electron chi connectivity index (χ2n) is 4.34. The van der Waals surface area contributed by atoms with E-state index in [2.05, 4.69) is 21.6 Å². The standard InChI is InChI=1S/C10H20N2O3/c1-10(14,9(13)15-3)8-12-6-4-11(2)5-7-12/h14H,4-8H2,1-3H3. The monoisotopic (exact) mass is 216 g/mol. The Labute approximate surface area is 90.6 Å². The third-order valence-corrected chi connectivity index (χ3v) is 2.75. The number of carbonyl (C=O) groups excluding carboxylic acids is 1. The zero-order valence-corrected chi connectivity index (χ0v) is 9.69. The van der Waals surface area contributed by atoms with Gasteiger partial charge in [0.2, 0.25) is 0 Å². The number of piperazine rings is 1. The molecule has 1 aliphatic rings. The van der Waals surface area contributed by atoms with Crippen LogP contribution in [-0.2, 0) is 9.53 Å². The second kappa shape index (κ2) is 4.92. The van der Waals surface area contributed by atoms with Crippen LogP contribution in [0.2, 0.25) is 0 Å². The minimum absolute atomic E-state index is 0.341. The largest absolute Gasteiger partial charge is 0.467 e. The number of ether oxygens (including phenoxy) is 1. The molecule has 1 unspecified atom stereocenters. The number of methoxy groups -OCH3 is 1. The molecule has 1 saturated heterocycles. The lowest BCUT2D eigenvalue weighted by molar-refractivity contribution is -0.162. The maximum atomic E-state index is 11.3. The van der Waals surface area contributed by atoms with E-state index in [0.717, 1.165) is 26.2 Å². The molecular formula is C10H20N2O3. The molecule has 1 fully saturated rings. The molecule has 0 saturated carbocycles. The van der Waals surface area contributed by atoms with E-state index in [0.29, 0.717) is 6.54 Å². The lowest BCUT2D eigenvalue weighted by atomic mass is 10.1. The van der Waals surface area contributed by atoms with Gasteiger partial charge in [-0.05, 0) is 14.0 Å². The predicted octanol–water partition coefficient (Wildman–Crippen LogP) is -0.842. The van der Waals surface area contributed by atoms with Gasteiger partial charge in [0.15, 0.2) is 5.60 Å². The summed E-state index contributed by atoms with van der Waals surface area (Å²) in [7, 11) is 3.36. The van der Waals surface area contributed by atoms with Crippen LogP contribution in [0.25, 0.3) is 0 Å². The maximum absolute atomic E-state index is 11.3. The van der Waals surface area contributed by atoms with E-state index >= 15 is 0 Å². The van der Waals surface area contributed by atoms with Gasteiger partial charge in [-0.3, -0.25) is 4.90 Å². The van der Waals surface area contributed by atoms with Crippen LogP contribution in [0.4, 0.5) is 0 Å². The number of carbonyl (C=O) groups is 1. The highest BCUT2D eigenvalue weighted by atomic mass is 16.5. The van der Waals surface area contributed by atoms with Crippen LogP contribution in [0.5, 0.6) is 0 Å². The van der Waals surface area contributed by atoms with Crippen molar-refractivity contribution in [3.63, 3.8) is 0 Å². The van der Waals surface area contributed by atoms with Crippen molar-refractivity contribution in [3.05, 3.63) is 0 Å². The first kappa shape index (κ1) is 12.4. The first-order valence-corrected chi connectivity index (χ1v) is 5.17. The Morgan fingerprint density at radius 2 is 1.93 bits per heavy atom. The van der Waals surface area contributed by atoms with Crippen molar-refractivity contribution in [3.8, 4) is 0 Å². The molecule has 0 aliphatic carbocycles. The third kappa shape index (κ3) is 3.44. The Kier molecular flexibility index (Phi) is 4.07. The molecule has 0 amide bonds. The molecule has 1 N–H and O–H groups in total. The molecule has 5 nitrogen and oxygen atoms in total. The van der Waals surface area contributed by atoms with Crippen molar-refractivity contribution < 1.29 is 14.6 Å². The summed E-state index contributed by atoms with van der Waals surface area (Å²) in [6.45, 7) is 5.53. The summed E-state index contributed by atoms with van der Waals surface area (Å²) in [6, 6.07) is 0. The van der Waals surface area contributed by atoms with Crippen molar-refractivity contribution in [1.29, 1.82) is 0 Å². The number of rotatable bonds is 3. The van der Waals surface area contributed by atoms with Crippen molar-refractivity contribution >= 4 is 5.97 Å². The minimum Gasteiger partial charge on any atom is -0.467 e. The second-order valence-corrected chi connectivity index (χ2v) is 4.34. The van der Waals surface area contributed by atoms with Gasteiger partial charge in [-0.1, -0.05) is 0 Å². The topological polar surface area (TPSA) is 53.0 Å². The van der Waals surface area contributed by atoms with Gasteiger partial charge in [0.1, 0.15) is 0 Å². The van der Waals surface area contributed by atoms with Gasteiger partial charge in [0, 0.05) is 32.7 Å². The number of β-amino-alcohol motifs (C(OH)–C–C–N with tert-alkyl or cyclic N) is 1. The summed E-state index contributed by atoms with van der Waals surface area (Å²) in [5.41, 5.74) is -1.40. The number of nitrogens with zero attached hydrogens (tertiary/aromatic N) is 2. The molecule has 1 aliphatic heterocycles. The number of esters is 1. The maximum Gasteiger partial charge on any atom is 0.338 e. The fourth-order valence-electron chi connectivity index (χ4n) is 1.73. The summed E-state index contributed by atoms with van der Waals surface area (Å²) in [4.78, 5) is 15.6. The normalized spacial score (nSPS) is 23.5. The van der Waals surface area contributed by atoms with Crippen LogP contribution in [-0.4, -0.2) is 73.4 Å². The zero-order chi connectivity index (χ0) is 11.5. The lowest BCUT2D eigenvalue weighted by Gasteiger charge is -2.35. The van der Waals surface area contributed by atoms with E-state index in [1.54, 1.807) is 0 Å². The highest BCUT2D eigenvalue weighted by molar-refractivity contribution is 5.78. The van der Waals surface area contributed by atoms with E-state index in [4.69, 9.17) is 0 Å². The van der Waals surface area contributed by atoms with Crippen LogP contribution < -0.4 is 0 Å². The quantitative estimate of drug-likeness (QED) is 0.623. The van der Waals surface area contributed by atoms with Crippen LogP contribution in [0.3, 0.4) is 0 Å². The van der Waals surface area contributed by atoms with Gasteiger partial charge in [-0.15, -0.1) is 0 Å². The average Bonchev–Trinajstić information content (AvgIpc) is 2.20. The molecule has 1 rings (SSSR count). The van der Waals surface area contributed by atoms with Gasteiger partial charge in [-0.2, -0.15) is 0 Å². The van der Waals surface area contributed by atoms with E-state index < -0.39 is 11.6 Å². The molecule has 0 spiro atoms. The van der Waals surface area contributed by atoms with E-state index in [1.165, 1.54) is 14.0 Å². The smallest absolute Gasteiger partial charge is 0.338 e. The first-order chi connectivity index (χ1) is 6.95. The summed E-state index contributed by atoms with van der Waals surface area (Å²) in [6.07, 6.45) is 0. The molecule has 1 atom stereocenters. The van der Waals surface area contributed by atoms with Gasteiger partial charge in [0.25, 0.3) is 0 Å². The molecular weight excluding hydrogens is 196 g/mol. The van der Waals surface area contributed by atoms with E-state index in [1.807, 2.05) is 0 Å². The molecule has 0 aromatic heterocycles. The Bertz CT molecular complexity index is 223. The molecule has 0 aromatic carbocycles. The van der Waals surface area contributed by atoms with Gasteiger partial charge < -0.3 is 14.7 Å². The Balaban J connectivity index is 2.43. The number of hydrogen-bond donors (Lipinski definition) is 1. The lowest BCUT2D eigenvalue weighted by Crippen LogP contribution is -2.53. The van der Waals surface area contributed by atoms with Crippen molar-refractivity contribution in [2.24, 2.45) is 0 Å². The summed E-state index contributed by atoms with van der Waals surface area (Å²) in [5.74, 6) is -0.568. The summed E-state index contributed by atoms with van der Waals surface area (Å²) < 4.78 is 4.55. The van der Waals surface area contributed by atoms with Gasteiger partial charge in [0.05, 0.1) is 7.11 Å². The van der Waals surface area contributed by atoms with Crippen molar-refractivity contribution in [2.75, 3.05) is 46.9 Å². The van der Waals surface area contributed by atoms with Crippen LogP contribution in [0, 0.1) is 0 Å². The summed E-state index contributed by atoms with van der Waals surface area (Å²) >= 11 is 0. The Hall–Kier alpha value is -0.650. The third-order valence-electron chi connectivity index (χ3n) is 2.75. The SMILES string of the molecule is COC(=O)C(C)(O)CN1CCN(C)CC1. The Morgan fingerprint density at radius 1 is 1.40 bits per heavy atom. The average molecular weight is 216 g/mol. The molecule has 0 aromatic rings. The van der Waals surface area contributed by atoms with Crippen molar-refractivity contribution in [1.82, 2.24) is 9.80 Å². The van der Waals surface area contributed by atoms with E-state index in [-0.39, 0.29) is 0 Å². The summed E-state index contributed by atoms with van der Waals surface area (Å²) in [5, 5.41) is 9.87. The molecule has 0 radical (unpaired) electrons. The molecule has 5 heteroatoms. The first-order valence-electron chi connectivity index (χ1n) is 5.17. The number of likely N-dealkylation sites (N-methyl/N-ethyl adjacent to an activating group) is 1. The molecule has 1 heterocycles. The fraction of sp³-hybridized carbons (Fsp3) is 0.900. The predicted molar refractivity (Wildman–Crippen MR) is 56.6 cm³/mol. The highest BCUT2D eigenvalue weighted by Gasteiger charge is 2.34. The van der Waals surface area contributed by atoms with Crippen LogP contribution in [0.1, 0.15) is 6.92 Å². The molecule has 88 valence electrons. The number of aliphatic hydroxyl groups is 1. The molecule has 0 bridgehead atoms.